The number of nitrogens with zero attached hydrogens (tertiary/aromatic N) is 1. The molecule has 0 aliphatic rings. The highest BCUT2D eigenvalue weighted by Crippen LogP contribution is 2.24. The molecule has 0 bridgehead atoms. The summed E-state index contributed by atoms with van der Waals surface area (Å²) >= 11 is 0. The van der Waals surface area contributed by atoms with E-state index in [4.69, 9.17) is 15.7 Å². The SMILES string of the molecule is Cc1c(N)cccc1OCCC(C)(C)C#N. The molecule has 0 amide bonds. The number of rotatable bonds is 4. The van der Waals surface area contributed by atoms with Crippen molar-refractivity contribution in [2.75, 3.05) is 12.3 Å². The van der Waals surface area contributed by atoms with Gasteiger partial charge < -0.3 is 10.5 Å². The van der Waals surface area contributed by atoms with E-state index in [0.717, 1.165) is 17.0 Å². The number of hydrogen-bond donors (Lipinski definition) is 1. The van der Waals surface area contributed by atoms with E-state index in [-0.39, 0.29) is 5.41 Å². The number of benzene rings is 1. The average Bonchev–Trinajstić information content (AvgIpc) is 2.24. The van der Waals surface area contributed by atoms with Crippen LogP contribution in [0.1, 0.15) is 25.8 Å². The van der Waals surface area contributed by atoms with Crippen molar-refractivity contribution in [3.05, 3.63) is 23.8 Å². The third-order valence-electron chi connectivity index (χ3n) is 2.61. The molecule has 1 rings (SSSR count). The Balaban J connectivity index is 2.57. The van der Waals surface area contributed by atoms with Gasteiger partial charge in [-0.2, -0.15) is 5.26 Å². The molecule has 0 aromatic heterocycles. The molecule has 0 unspecified atom stereocenters. The van der Waals surface area contributed by atoms with E-state index in [0.29, 0.717) is 13.0 Å². The highest BCUT2D eigenvalue weighted by Gasteiger charge is 2.16. The standard InChI is InChI=1S/C13H18N2O/c1-10-11(15)5-4-6-12(10)16-8-7-13(2,3)9-14/h4-6H,7-8,15H2,1-3H3. The lowest BCUT2D eigenvalue weighted by Crippen LogP contribution is -2.13. The van der Waals surface area contributed by atoms with Gasteiger partial charge in [-0.1, -0.05) is 6.07 Å². The lowest BCUT2D eigenvalue weighted by Gasteiger charge is -2.16. The van der Waals surface area contributed by atoms with Crippen molar-refractivity contribution in [1.29, 1.82) is 5.26 Å². The van der Waals surface area contributed by atoms with Gasteiger partial charge in [-0.05, 0) is 39.3 Å². The second-order valence-corrected chi connectivity index (χ2v) is 4.56. The van der Waals surface area contributed by atoms with Gasteiger partial charge in [0.05, 0.1) is 18.1 Å². The molecular formula is C13H18N2O. The predicted octanol–water partition coefficient (Wildman–Crippen LogP) is 2.90. The Kier molecular flexibility index (Phi) is 3.78. The Bertz CT molecular complexity index is 405. The molecule has 2 N–H and O–H groups in total. The largest absolute Gasteiger partial charge is 0.493 e. The Labute approximate surface area is 96.8 Å². The van der Waals surface area contributed by atoms with Crippen LogP contribution in [-0.4, -0.2) is 6.61 Å². The molecule has 16 heavy (non-hydrogen) atoms. The zero-order valence-electron chi connectivity index (χ0n) is 10.1. The van der Waals surface area contributed by atoms with Crippen LogP contribution in [0.15, 0.2) is 18.2 Å². The molecule has 0 radical (unpaired) electrons. The third-order valence-corrected chi connectivity index (χ3v) is 2.61. The van der Waals surface area contributed by atoms with Crippen molar-refractivity contribution in [3.8, 4) is 11.8 Å². The summed E-state index contributed by atoms with van der Waals surface area (Å²) in [5, 5.41) is 8.86. The lowest BCUT2D eigenvalue weighted by atomic mass is 9.92. The van der Waals surface area contributed by atoms with Gasteiger partial charge in [0.1, 0.15) is 5.75 Å². The first-order chi connectivity index (χ1) is 7.46. The van der Waals surface area contributed by atoms with Crippen molar-refractivity contribution in [3.63, 3.8) is 0 Å². The topological polar surface area (TPSA) is 59.0 Å². The fourth-order valence-corrected chi connectivity index (χ4v) is 1.26. The maximum Gasteiger partial charge on any atom is 0.124 e. The first-order valence-electron chi connectivity index (χ1n) is 5.35. The predicted molar refractivity (Wildman–Crippen MR) is 65.1 cm³/mol. The number of nitriles is 1. The molecule has 0 heterocycles. The molecule has 3 nitrogen and oxygen atoms in total. The van der Waals surface area contributed by atoms with Gasteiger partial charge >= 0.3 is 0 Å². The number of hydrogen-bond acceptors (Lipinski definition) is 3. The average molecular weight is 218 g/mol. The minimum Gasteiger partial charge on any atom is -0.493 e. The molecule has 0 atom stereocenters. The van der Waals surface area contributed by atoms with E-state index in [2.05, 4.69) is 6.07 Å². The molecule has 0 aliphatic carbocycles. The normalized spacial score (nSPS) is 10.9. The molecule has 0 spiro atoms. The van der Waals surface area contributed by atoms with Gasteiger partial charge in [0.25, 0.3) is 0 Å². The number of ether oxygens (including phenoxy) is 1. The monoisotopic (exact) mass is 218 g/mol. The van der Waals surface area contributed by atoms with Crippen molar-refractivity contribution in [2.45, 2.75) is 27.2 Å². The van der Waals surface area contributed by atoms with Gasteiger partial charge in [0, 0.05) is 11.3 Å². The highest BCUT2D eigenvalue weighted by molar-refractivity contribution is 5.53. The summed E-state index contributed by atoms with van der Waals surface area (Å²) in [6.45, 7) is 6.27. The molecule has 0 saturated carbocycles. The van der Waals surface area contributed by atoms with Crippen molar-refractivity contribution in [2.24, 2.45) is 5.41 Å². The van der Waals surface area contributed by atoms with Crippen LogP contribution in [0.3, 0.4) is 0 Å². The van der Waals surface area contributed by atoms with E-state index in [1.54, 1.807) is 0 Å². The Morgan fingerprint density at radius 3 is 2.75 bits per heavy atom. The molecule has 86 valence electrons. The molecule has 0 fully saturated rings. The molecule has 1 aromatic carbocycles. The van der Waals surface area contributed by atoms with Crippen molar-refractivity contribution in [1.82, 2.24) is 0 Å². The summed E-state index contributed by atoms with van der Waals surface area (Å²) in [5.74, 6) is 0.800. The second kappa shape index (κ2) is 4.89. The van der Waals surface area contributed by atoms with Crippen LogP contribution >= 0.6 is 0 Å². The molecule has 0 saturated heterocycles. The molecule has 3 heteroatoms. The summed E-state index contributed by atoms with van der Waals surface area (Å²) in [5.41, 5.74) is 7.12. The van der Waals surface area contributed by atoms with Crippen LogP contribution < -0.4 is 10.5 Å². The molecule has 0 aliphatic heterocycles. The second-order valence-electron chi connectivity index (χ2n) is 4.56. The van der Waals surface area contributed by atoms with Gasteiger partial charge in [-0.3, -0.25) is 0 Å². The Morgan fingerprint density at radius 1 is 1.44 bits per heavy atom. The van der Waals surface area contributed by atoms with E-state index >= 15 is 0 Å². The number of nitrogen functional groups attached to an aromatic ring is 1. The van der Waals surface area contributed by atoms with Gasteiger partial charge in [-0.15, -0.1) is 0 Å². The van der Waals surface area contributed by atoms with E-state index in [1.807, 2.05) is 39.0 Å². The van der Waals surface area contributed by atoms with Gasteiger partial charge in [0.15, 0.2) is 0 Å². The van der Waals surface area contributed by atoms with Crippen LogP contribution in [0.4, 0.5) is 5.69 Å². The highest BCUT2D eigenvalue weighted by atomic mass is 16.5. The summed E-state index contributed by atoms with van der Waals surface area (Å²) < 4.78 is 5.62. The summed E-state index contributed by atoms with van der Waals surface area (Å²) in [4.78, 5) is 0. The maximum absolute atomic E-state index is 8.86. The van der Waals surface area contributed by atoms with Crippen LogP contribution in [-0.2, 0) is 0 Å². The first kappa shape index (κ1) is 12.4. The van der Waals surface area contributed by atoms with Crippen LogP contribution in [0, 0.1) is 23.7 Å². The summed E-state index contributed by atoms with van der Waals surface area (Å²) in [6, 6.07) is 7.86. The minimum absolute atomic E-state index is 0.339. The van der Waals surface area contributed by atoms with Crippen molar-refractivity contribution < 1.29 is 4.74 Å². The first-order valence-corrected chi connectivity index (χ1v) is 5.35. The Hall–Kier alpha value is -1.69. The lowest BCUT2D eigenvalue weighted by molar-refractivity contribution is 0.263. The van der Waals surface area contributed by atoms with E-state index in [9.17, 15) is 0 Å². The van der Waals surface area contributed by atoms with E-state index in [1.165, 1.54) is 0 Å². The summed E-state index contributed by atoms with van der Waals surface area (Å²) in [6.07, 6.45) is 0.706. The quantitative estimate of drug-likeness (QED) is 0.790. The Morgan fingerprint density at radius 2 is 2.12 bits per heavy atom. The fourth-order valence-electron chi connectivity index (χ4n) is 1.26. The van der Waals surface area contributed by atoms with Gasteiger partial charge in [0.2, 0.25) is 0 Å². The third kappa shape index (κ3) is 3.16. The molecular weight excluding hydrogens is 200 g/mol. The minimum atomic E-state index is -0.339. The maximum atomic E-state index is 8.86. The van der Waals surface area contributed by atoms with Crippen molar-refractivity contribution >= 4 is 5.69 Å². The van der Waals surface area contributed by atoms with Crippen LogP contribution in [0.2, 0.25) is 0 Å². The zero-order valence-corrected chi connectivity index (χ0v) is 10.1. The van der Waals surface area contributed by atoms with Crippen LogP contribution in [0.25, 0.3) is 0 Å². The number of anilines is 1. The summed E-state index contributed by atoms with van der Waals surface area (Å²) in [7, 11) is 0. The fraction of sp³-hybridized carbons (Fsp3) is 0.462. The number of nitrogens with two attached hydrogens (primary N) is 1. The zero-order chi connectivity index (χ0) is 12.2. The molecule has 1 aromatic rings. The van der Waals surface area contributed by atoms with Crippen LogP contribution in [0.5, 0.6) is 5.75 Å². The van der Waals surface area contributed by atoms with Gasteiger partial charge in [-0.25, -0.2) is 0 Å². The van der Waals surface area contributed by atoms with E-state index < -0.39 is 0 Å². The smallest absolute Gasteiger partial charge is 0.124 e.